The van der Waals surface area contributed by atoms with E-state index >= 15 is 0 Å². The van der Waals surface area contributed by atoms with Crippen molar-refractivity contribution >= 4 is 5.97 Å². The summed E-state index contributed by atoms with van der Waals surface area (Å²) < 4.78 is 0. The molecule has 0 aliphatic heterocycles. The summed E-state index contributed by atoms with van der Waals surface area (Å²) in [6.07, 6.45) is 12.2. The molecule has 3 aliphatic carbocycles. The van der Waals surface area contributed by atoms with Crippen molar-refractivity contribution in [3.8, 4) is 0 Å². The van der Waals surface area contributed by atoms with Gasteiger partial charge in [-0.25, -0.2) is 0 Å². The number of hydrogen-bond donors (Lipinski definition) is 4. The molecule has 34 heavy (non-hydrogen) atoms. The van der Waals surface area contributed by atoms with E-state index in [1.807, 2.05) is 6.08 Å². The van der Waals surface area contributed by atoms with Crippen LogP contribution in [0.25, 0.3) is 0 Å². The Balaban J connectivity index is 1.81. The lowest BCUT2D eigenvalue weighted by Gasteiger charge is -2.47. The second-order valence-corrected chi connectivity index (χ2v) is 12.3. The number of aliphatic hydroxyl groups excluding tert-OH is 3. The first kappa shape index (κ1) is 26.9. The number of carboxylic acids is 1. The predicted molar refractivity (Wildman–Crippen MR) is 135 cm³/mol. The van der Waals surface area contributed by atoms with Crippen LogP contribution in [0.2, 0.25) is 0 Å². The molecule has 0 aromatic heterocycles. The van der Waals surface area contributed by atoms with E-state index < -0.39 is 29.7 Å². The van der Waals surface area contributed by atoms with Crippen LogP contribution in [-0.2, 0) is 4.79 Å². The lowest BCUT2D eigenvalue weighted by atomic mass is 9.57. The molecular weight excluding hydrogens is 428 g/mol. The quantitative estimate of drug-likeness (QED) is 0.399. The Morgan fingerprint density at radius 3 is 2.50 bits per heavy atom. The van der Waals surface area contributed by atoms with Crippen LogP contribution in [-0.4, -0.2) is 44.7 Å². The van der Waals surface area contributed by atoms with E-state index in [-0.39, 0.29) is 10.8 Å². The van der Waals surface area contributed by atoms with Crippen molar-refractivity contribution in [2.75, 3.05) is 0 Å². The summed E-state index contributed by atoms with van der Waals surface area (Å²) in [6.45, 7) is 14.0. The van der Waals surface area contributed by atoms with Crippen LogP contribution >= 0.6 is 0 Å². The Hall–Kier alpha value is -1.69. The van der Waals surface area contributed by atoms with Crippen molar-refractivity contribution in [1.82, 2.24) is 0 Å². The van der Waals surface area contributed by atoms with E-state index in [1.165, 1.54) is 5.57 Å². The molecule has 0 aromatic rings. The number of fused-ring (bicyclic) bond motifs is 1. The summed E-state index contributed by atoms with van der Waals surface area (Å²) in [5, 5.41) is 40.2. The largest absolute Gasteiger partial charge is 0.481 e. The average molecular weight is 473 g/mol. The molecule has 0 amide bonds. The van der Waals surface area contributed by atoms with Gasteiger partial charge >= 0.3 is 5.97 Å². The third-order valence-corrected chi connectivity index (χ3v) is 9.13. The fourth-order valence-electron chi connectivity index (χ4n) is 6.75. The zero-order valence-electron chi connectivity index (χ0n) is 21.6. The molecule has 5 heteroatoms. The molecule has 0 spiro atoms. The fourth-order valence-corrected chi connectivity index (χ4v) is 6.75. The minimum atomic E-state index is -1.23. The Labute approximate surface area is 205 Å². The minimum absolute atomic E-state index is 0.131. The van der Waals surface area contributed by atoms with Crippen LogP contribution in [0.1, 0.15) is 79.6 Å². The zero-order valence-corrected chi connectivity index (χ0v) is 21.6. The normalized spacial score (nSPS) is 36.3. The summed E-state index contributed by atoms with van der Waals surface area (Å²) in [4.78, 5) is 11.5. The van der Waals surface area contributed by atoms with Crippen molar-refractivity contribution in [2.24, 2.45) is 28.1 Å². The molecule has 3 saturated carbocycles. The Kier molecular flexibility index (Phi) is 7.72. The number of aliphatic hydroxyl groups is 3. The number of carbonyl (C=O) groups is 1. The maximum absolute atomic E-state index is 11.5. The lowest BCUT2D eigenvalue weighted by Crippen LogP contribution is -2.40. The van der Waals surface area contributed by atoms with E-state index in [0.29, 0.717) is 24.7 Å². The summed E-state index contributed by atoms with van der Waals surface area (Å²) >= 11 is 0. The summed E-state index contributed by atoms with van der Waals surface area (Å²) in [7, 11) is 0. The van der Waals surface area contributed by atoms with Gasteiger partial charge in [0, 0.05) is 6.42 Å². The number of carboxylic acid groups (broad SMARTS) is 1. The highest BCUT2D eigenvalue weighted by Gasteiger charge is 2.53. The molecule has 0 radical (unpaired) electrons. The SMILES string of the molecule is C=C1/C(=C\C=C2/CCC[C@]3(C)[C@@H](C(C)(C)/C=C/[C@@H](O)C(C)(C)C(=O)O)CC[C@@H]23)C[C@@H](O)C[C@@H]1O. The predicted octanol–water partition coefficient (Wildman–Crippen LogP) is 5.18. The molecule has 3 rings (SSSR count). The van der Waals surface area contributed by atoms with Crippen LogP contribution < -0.4 is 0 Å². The van der Waals surface area contributed by atoms with Gasteiger partial charge in [0.15, 0.2) is 0 Å². The molecular formula is C29H44O5. The smallest absolute Gasteiger partial charge is 0.312 e. The number of allylic oxidation sites excluding steroid dienone is 4. The number of aliphatic carboxylic acids is 1. The van der Waals surface area contributed by atoms with Gasteiger partial charge in [-0.15, -0.1) is 0 Å². The van der Waals surface area contributed by atoms with E-state index in [1.54, 1.807) is 19.9 Å². The molecule has 0 unspecified atom stereocenters. The summed E-state index contributed by atoms with van der Waals surface area (Å²) in [6, 6.07) is 0. The van der Waals surface area contributed by atoms with Crippen LogP contribution in [0.3, 0.4) is 0 Å². The van der Waals surface area contributed by atoms with Crippen molar-refractivity contribution in [3.05, 3.63) is 47.6 Å². The second kappa shape index (κ2) is 9.75. The number of rotatable bonds is 6. The van der Waals surface area contributed by atoms with Crippen molar-refractivity contribution < 1.29 is 25.2 Å². The van der Waals surface area contributed by atoms with Gasteiger partial charge < -0.3 is 20.4 Å². The van der Waals surface area contributed by atoms with E-state index in [9.17, 15) is 25.2 Å². The van der Waals surface area contributed by atoms with E-state index in [2.05, 4.69) is 39.5 Å². The van der Waals surface area contributed by atoms with Crippen LogP contribution in [0.4, 0.5) is 0 Å². The molecule has 0 aromatic carbocycles. The van der Waals surface area contributed by atoms with E-state index in [4.69, 9.17) is 0 Å². The number of hydrogen-bond acceptors (Lipinski definition) is 4. The highest BCUT2D eigenvalue weighted by atomic mass is 16.4. The molecule has 190 valence electrons. The average Bonchev–Trinajstić information content (AvgIpc) is 3.11. The Morgan fingerprint density at radius 1 is 1.18 bits per heavy atom. The van der Waals surface area contributed by atoms with Gasteiger partial charge in [-0.1, -0.05) is 57.2 Å². The minimum Gasteiger partial charge on any atom is -0.481 e. The van der Waals surface area contributed by atoms with Crippen molar-refractivity contribution in [2.45, 2.75) is 97.9 Å². The van der Waals surface area contributed by atoms with Gasteiger partial charge in [0.25, 0.3) is 0 Å². The van der Waals surface area contributed by atoms with Gasteiger partial charge in [-0.3, -0.25) is 4.79 Å². The van der Waals surface area contributed by atoms with Gasteiger partial charge in [-0.2, -0.15) is 0 Å². The first-order chi connectivity index (χ1) is 15.7. The molecule has 0 heterocycles. The van der Waals surface area contributed by atoms with Crippen LogP contribution in [0, 0.1) is 28.1 Å². The van der Waals surface area contributed by atoms with Crippen molar-refractivity contribution in [3.63, 3.8) is 0 Å². The molecule has 0 bridgehead atoms. The third kappa shape index (κ3) is 5.12. The maximum atomic E-state index is 11.5. The van der Waals surface area contributed by atoms with Gasteiger partial charge in [0.2, 0.25) is 0 Å². The monoisotopic (exact) mass is 472 g/mol. The Morgan fingerprint density at radius 2 is 1.85 bits per heavy atom. The third-order valence-electron chi connectivity index (χ3n) is 9.13. The maximum Gasteiger partial charge on any atom is 0.312 e. The summed E-state index contributed by atoms with van der Waals surface area (Å²) in [5.41, 5.74) is 1.83. The van der Waals surface area contributed by atoms with E-state index in [0.717, 1.165) is 43.3 Å². The highest BCUT2D eigenvalue weighted by molar-refractivity contribution is 5.74. The van der Waals surface area contributed by atoms with Gasteiger partial charge in [0.05, 0.1) is 23.7 Å². The molecule has 3 aliphatic rings. The molecule has 5 nitrogen and oxygen atoms in total. The molecule has 6 atom stereocenters. The second-order valence-electron chi connectivity index (χ2n) is 12.3. The van der Waals surface area contributed by atoms with Crippen LogP contribution in [0.5, 0.6) is 0 Å². The highest BCUT2D eigenvalue weighted by Crippen LogP contribution is 2.62. The van der Waals surface area contributed by atoms with Crippen molar-refractivity contribution in [1.29, 1.82) is 0 Å². The first-order valence-electron chi connectivity index (χ1n) is 12.8. The van der Waals surface area contributed by atoms with Gasteiger partial charge in [-0.05, 0) is 86.2 Å². The summed E-state index contributed by atoms with van der Waals surface area (Å²) in [5.74, 6) is -0.110. The Bertz CT molecular complexity index is 892. The van der Waals surface area contributed by atoms with Gasteiger partial charge in [0.1, 0.15) is 0 Å². The topological polar surface area (TPSA) is 98.0 Å². The fraction of sp³-hybridized carbons (Fsp3) is 0.690. The zero-order chi connectivity index (χ0) is 25.5. The lowest BCUT2D eigenvalue weighted by molar-refractivity contribution is -0.151. The molecule has 0 saturated heterocycles. The standard InChI is InChI=1S/C29H44O5/c1-18-20(16-21(30)17-23(18)31)10-9-19-8-7-14-29(6)22(19)11-12-24(29)27(2,3)15-13-25(32)28(4,5)26(33)34/h9-10,13,15,21-25,30-32H,1,7-8,11-12,14,16-17H2,2-6H3,(H,33,34)/b15-13+,19-9+,20-10-/t21-,22+,23+,24-,25-,29+/m1/s1. The first-order valence-corrected chi connectivity index (χ1v) is 12.8. The van der Waals surface area contributed by atoms with Crippen LogP contribution in [0.15, 0.2) is 47.6 Å². The molecule has 3 fully saturated rings. The molecule has 4 N–H and O–H groups in total.